The average Bonchev–Trinajstić information content (AvgIpc) is 2.31. The Balaban J connectivity index is 2.96. The molecular formula is C12H17NO4. The van der Waals surface area contributed by atoms with Gasteiger partial charge in [-0.2, -0.15) is 0 Å². The molecule has 17 heavy (non-hydrogen) atoms. The number of benzene rings is 1. The van der Waals surface area contributed by atoms with E-state index in [-0.39, 0.29) is 18.9 Å². The zero-order valence-corrected chi connectivity index (χ0v) is 10.2. The number of aliphatic hydroxyl groups is 1. The number of aliphatic hydroxyl groups excluding tert-OH is 1. The van der Waals surface area contributed by atoms with Crippen LogP contribution in [0.3, 0.4) is 0 Å². The molecule has 0 saturated heterocycles. The zero-order valence-electron chi connectivity index (χ0n) is 10.2. The predicted molar refractivity (Wildman–Crippen MR) is 64.6 cm³/mol. The number of ether oxygens (including phenoxy) is 2. The number of rotatable bonds is 5. The van der Waals surface area contributed by atoms with Gasteiger partial charge >= 0.3 is 0 Å². The van der Waals surface area contributed by atoms with Gasteiger partial charge in [0.2, 0.25) is 5.91 Å². The van der Waals surface area contributed by atoms with Gasteiger partial charge in [0.1, 0.15) is 0 Å². The second-order valence-electron chi connectivity index (χ2n) is 3.54. The average molecular weight is 239 g/mol. The predicted octanol–water partition coefficient (Wildman–Crippen LogP) is 1.33. The minimum absolute atomic E-state index is 0.0772. The van der Waals surface area contributed by atoms with Crippen LogP contribution in [0, 0.1) is 6.92 Å². The summed E-state index contributed by atoms with van der Waals surface area (Å²) in [5, 5.41) is 11.4. The van der Waals surface area contributed by atoms with Gasteiger partial charge in [0.15, 0.2) is 11.5 Å². The smallest absolute Gasteiger partial charge is 0.226 e. The van der Waals surface area contributed by atoms with Crippen molar-refractivity contribution in [1.82, 2.24) is 0 Å². The van der Waals surface area contributed by atoms with E-state index in [4.69, 9.17) is 14.6 Å². The molecule has 1 aromatic rings. The highest BCUT2D eigenvalue weighted by Gasteiger charge is 2.10. The summed E-state index contributed by atoms with van der Waals surface area (Å²) in [6, 6.07) is 3.48. The van der Waals surface area contributed by atoms with Crippen LogP contribution in [-0.2, 0) is 4.79 Å². The van der Waals surface area contributed by atoms with E-state index in [9.17, 15) is 4.79 Å². The Kier molecular flexibility index (Phi) is 4.78. The summed E-state index contributed by atoms with van der Waals surface area (Å²) < 4.78 is 10.3. The number of methoxy groups -OCH3 is 2. The first-order valence-corrected chi connectivity index (χ1v) is 5.25. The molecule has 2 N–H and O–H groups in total. The highest BCUT2D eigenvalue weighted by atomic mass is 16.5. The van der Waals surface area contributed by atoms with E-state index in [1.54, 1.807) is 19.2 Å². The third-order valence-electron chi connectivity index (χ3n) is 2.34. The van der Waals surface area contributed by atoms with Crippen molar-refractivity contribution in [3.63, 3.8) is 0 Å². The summed E-state index contributed by atoms with van der Waals surface area (Å²) in [4.78, 5) is 11.4. The fourth-order valence-electron chi connectivity index (χ4n) is 1.43. The summed E-state index contributed by atoms with van der Waals surface area (Å²) in [6.45, 7) is 1.69. The van der Waals surface area contributed by atoms with Gasteiger partial charge in [-0.05, 0) is 18.6 Å². The molecule has 0 spiro atoms. The van der Waals surface area contributed by atoms with E-state index >= 15 is 0 Å². The second-order valence-corrected chi connectivity index (χ2v) is 3.54. The number of anilines is 1. The van der Waals surface area contributed by atoms with E-state index < -0.39 is 0 Å². The summed E-state index contributed by atoms with van der Waals surface area (Å²) in [5.74, 6) is 0.936. The van der Waals surface area contributed by atoms with Crippen molar-refractivity contribution in [3.05, 3.63) is 17.7 Å². The maximum atomic E-state index is 11.4. The van der Waals surface area contributed by atoms with Crippen LogP contribution in [0.4, 0.5) is 5.69 Å². The van der Waals surface area contributed by atoms with Gasteiger partial charge in [-0.25, -0.2) is 0 Å². The normalized spacial score (nSPS) is 9.88. The summed E-state index contributed by atoms with van der Waals surface area (Å²) in [7, 11) is 3.09. The first-order chi connectivity index (χ1) is 8.12. The Bertz CT molecular complexity index is 404. The molecule has 94 valence electrons. The van der Waals surface area contributed by atoms with Crippen LogP contribution in [0.2, 0.25) is 0 Å². The van der Waals surface area contributed by atoms with E-state index in [0.29, 0.717) is 17.2 Å². The van der Waals surface area contributed by atoms with Crippen molar-refractivity contribution < 1.29 is 19.4 Å². The molecule has 1 amide bonds. The van der Waals surface area contributed by atoms with Crippen molar-refractivity contribution in [2.24, 2.45) is 0 Å². The number of nitrogens with one attached hydrogen (secondary N) is 1. The van der Waals surface area contributed by atoms with Gasteiger partial charge in [0, 0.05) is 11.8 Å². The lowest BCUT2D eigenvalue weighted by atomic mass is 10.1. The first-order valence-electron chi connectivity index (χ1n) is 5.25. The van der Waals surface area contributed by atoms with Gasteiger partial charge in [-0.15, -0.1) is 0 Å². The largest absolute Gasteiger partial charge is 0.493 e. The van der Waals surface area contributed by atoms with Crippen molar-refractivity contribution in [2.45, 2.75) is 13.3 Å². The molecule has 0 aliphatic rings. The number of carbonyl (C=O) groups excluding carboxylic acids is 1. The Morgan fingerprint density at radius 1 is 1.29 bits per heavy atom. The summed E-state index contributed by atoms with van der Waals surface area (Å²) >= 11 is 0. The highest BCUT2D eigenvalue weighted by Crippen LogP contribution is 2.32. The molecule has 0 bridgehead atoms. The van der Waals surface area contributed by atoms with Gasteiger partial charge in [0.05, 0.1) is 27.2 Å². The molecule has 0 fully saturated rings. The molecular weight excluding hydrogens is 222 g/mol. The summed E-state index contributed by atoms with van der Waals surface area (Å²) in [6.07, 6.45) is 0.0772. The van der Waals surface area contributed by atoms with Crippen molar-refractivity contribution in [2.75, 3.05) is 26.1 Å². The van der Waals surface area contributed by atoms with E-state index in [1.807, 2.05) is 6.92 Å². The molecule has 1 rings (SSSR count). The lowest BCUT2D eigenvalue weighted by Crippen LogP contribution is -2.13. The van der Waals surface area contributed by atoms with Crippen LogP contribution in [0.5, 0.6) is 11.5 Å². The molecule has 0 aliphatic carbocycles. The molecule has 0 aromatic heterocycles. The van der Waals surface area contributed by atoms with Crippen LogP contribution in [0.25, 0.3) is 0 Å². The zero-order chi connectivity index (χ0) is 12.8. The van der Waals surface area contributed by atoms with Crippen LogP contribution in [-0.4, -0.2) is 31.8 Å². The maximum absolute atomic E-state index is 11.4. The van der Waals surface area contributed by atoms with E-state index in [1.165, 1.54) is 7.11 Å². The Labute approximate surface area is 100 Å². The van der Waals surface area contributed by atoms with E-state index in [0.717, 1.165) is 5.56 Å². The number of hydrogen-bond acceptors (Lipinski definition) is 4. The number of aryl methyl sites for hydroxylation is 1. The first kappa shape index (κ1) is 13.3. The molecule has 0 atom stereocenters. The molecule has 5 nitrogen and oxygen atoms in total. The number of carbonyl (C=O) groups is 1. The van der Waals surface area contributed by atoms with Crippen LogP contribution in [0.1, 0.15) is 12.0 Å². The molecule has 5 heteroatoms. The molecule has 0 radical (unpaired) electrons. The fourth-order valence-corrected chi connectivity index (χ4v) is 1.43. The molecule has 0 heterocycles. The number of amides is 1. The van der Waals surface area contributed by atoms with Crippen molar-refractivity contribution in [3.8, 4) is 11.5 Å². The van der Waals surface area contributed by atoms with Gasteiger partial charge < -0.3 is 19.9 Å². The Hall–Kier alpha value is -1.75. The molecule has 1 aromatic carbocycles. The lowest BCUT2D eigenvalue weighted by molar-refractivity contribution is -0.116. The SMILES string of the molecule is COc1cc(C)c(NC(=O)CCO)cc1OC. The van der Waals surface area contributed by atoms with E-state index in [2.05, 4.69) is 5.32 Å². The van der Waals surface area contributed by atoms with Crippen molar-refractivity contribution >= 4 is 11.6 Å². The minimum Gasteiger partial charge on any atom is -0.493 e. The monoisotopic (exact) mass is 239 g/mol. The quantitative estimate of drug-likeness (QED) is 0.813. The minimum atomic E-state index is -0.234. The summed E-state index contributed by atoms with van der Waals surface area (Å²) in [5.41, 5.74) is 1.52. The Morgan fingerprint density at radius 2 is 1.88 bits per heavy atom. The topological polar surface area (TPSA) is 67.8 Å². The molecule has 0 unspecified atom stereocenters. The standard InChI is InChI=1S/C12H17NO4/c1-8-6-10(16-2)11(17-3)7-9(8)13-12(15)4-5-14/h6-7,14H,4-5H2,1-3H3,(H,13,15). The third-order valence-corrected chi connectivity index (χ3v) is 2.34. The van der Waals surface area contributed by atoms with Gasteiger partial charge in [0.25, 0.3) is 0 Å². The second kappa shape index (κ2) is 6.10. The highest BCUT2D eigenvalue weighted by molar-refractivity contribution is 5.92. The van der Waals surface area contributed by atoms with Crippen LogP contribution in [0.15, 0.2) is 12.1 Å². The Morgan fingerprint density at radius 3 is 2.41 bits per heavy atom. The third kappa shape index (κ3) is 3.35. The van der Waals surface area contributed by atoms with Crippen LogP contribution >= 0.6 is 0 Å². The lowest BCUT2D eigenvalue weighted by Gasteiger charge is -2.13. The van der Waals surface area contributed by atoms with Gasteiger partial charge in [-0.1, -0.05) is 0 Å². The number of hydrogen-bond donors (Lipinski definition) is 2. The molecule has 0 saturated carbocycles. The maximum Gasteiger partial charge on any atom is 0.226 e. The van der Waals surface area contributed by atoms with Gasteiger partial charge in [-0.3, -0.25) is 4.79 Å². The van der Waals surface area contributed by atoms with Crippen molar-refractivity contribution in [1.29, 1.82) is 0 Å². The fraction of sp³-hybridized carbons (Fsp3) is 0.417. The molecule has 0 aliphatic heterocycles. The van der Waals surface area contributed by atoms with Crippen LogP contribution < -0.4 is 14.8 Å².